The lowest BCUT2D eigenvalue weighted by Gasteiger charge is -2.44. The van der Waals surface area contributed by atoms with E-state index in [0.717, 1.165) is 0 Å². The van der Waals surface area contributed by atoms with Gasteiger partial charge in [-0.2, -0.15) is 26.3 Å². The Morgan fingerprint density at radius 2 is 1.35 bits per heavy atom. The van der Waals surface area contributed by atoms with Gasteiger partial charge in [0.1, 0.15) is 5.60 Å². The van der Waals surface area contributed by atoms with Gasteiger partial charge in [0.05, 0.1) is 0 Å². The SMILES string of the molecule is C=C(CC)C(=O)OC(C)(C)C(C)(C(F)(F)F)C(F)(F)F. The van der Waals surface area contributed by atoms with E-state index in [2.05, 4.69) is 11.3 Å². The summed E-state index contributed by atoms with van der Waals surface area (Å²) in [5, 5.41) is 0. The number of halogens is 6. The van der Waals surface area contributed by atoms with Gasteiger partial charge in [0, 0.05) is 5.57 Å². The first-order chi connectivity index (χ1) is 8.62. The molecule has 0 amide bonds. The first-order valence-corrected chi connectivity index (χ1v) is 5.66. The minimum absolute atomic E-state index is 0.0328. The molecule has 0 aliphatic carbocycles. The quantitative estimate of drug-likeness (QED) is 0.437. The molecule has 0 aliphatic rings. The maximum Gasteiger partial charge on any atom is 0.406 e. The molecular formula is C12H16F6O2. The Labute approximate surface area is 112 Å². The van der Waals surface area contributed by atoms with Crippen LogP contribution < -0.4 is 0 Å². The van der Waals surface area contributed by atoms with E-state index in [1.54, 1.807) is 0 Å². The topological polar surface area (TPSA) is 26.3 Å². The fourth-order valence-corrected chi connectivity index (χ4v) is 1.39. The first-order valence-electron chi connectivity index (χ1n) is 5.66. The van der Waals surface area contributed by atoms with Crippen molar-refractivity contribution in [2.75, 3.05) is 0 Å². The third kappa shape index (κ3) is 3.09. The van der Waals surface area contributed by atoms with Crippen molar-refractivity contribution in [2.45, 2.75) is 52.1 Å². The molecular weight excluding hydrogens is 290 g/mol. The standard InChI is InChI=1S/C12H16F6O2/c1-6-7(2)8(19)20-9(3,4)10(5,11(13,14)15)12(16,17)18/h2,6H2,1,3-5H3. The van der Waals surface area contributed by atoms with Gasteiger partial charge in [0.25, 0.3) is 0 Å². The summed E-state index contributed by atoms with van der Waals surface area (Å²) in [5.74, 6) is -1.28. The highest BCUT2D eigenvalue weighted by Crippen LogP contribution is 2.57. The average Bonchev–Trinajstić information content (AvgIpc) is 2.22. The Kier molecular flexibility index (Phi) is 4.97. The van der Waals surface area contributed by atoms with Crippen LogP contribution in [0.4, 0.5) is 26.3 Å². The van der Waals surface area contributed by atoms with Crippen LogP contribution in [0.2, 0.25) is 0 Å². The van der Waals surface area contributed by atoms with E-state index in [4.69, 9.17) is 0 Å². The third-order valence-electron chi connectivity index (χ3n) is 3.40. The van der Waals surface area contributed by atoms with Gasteiger partial charge in [0.2, 0.25) is 0 Å². The van der Waals surface area contributed by atoms with Crippen LogP contribution in [-0.2, 0) is 9.53 Å². The minimum atomic E-state index is -5.64. The molecule has 0 saturated heterocycles. The molecule has 0 saturated carbocycles. The zero-order chi connectivity index (χ0) is 16.6. The van der Waals surface area contributed by atoms with Crippen molar-refractivity contribution in [2.24, 2.45) is 5.41 Å². The van der Waals surface area contributed by atoms with E-state index in [1.165, 1.54) is 6.92 Å². The van der Waals surface area contributed by atoms with Crippen LogP contribution in [0.25, 0.3) is 0 Å². The van der Waals surface area contributed by atoms with Crippen LogP contribution in [0.3, 0.4) is 0 Å². The highest BCUT2D eigenvalue weighted by atomic mass is 19.4. The molecule has 2 nitrogen and oxygen atoms in total. The van der Waals surface area contributed by atoms with E-state index < -0.39 is 29.3 Å². The van der Waals surface area contributed by atoms with Crippen LogP contribution in [0.1, 0.15) is 34.1 Å². The Morgan fingerprint density at radius 1 is 1.00 bits per heavy atom. The van der Waals surface area contributed by atoms with E-state index in [1.807, 2.05) is 0 Å². The molecule has 0 aromatic rings. The molecule has 20 heavy (non-hydrogen) atoms. The number of esters is 1. The zero-order valence-electron chi connectivity index (χ0n) is 11.5. The third-order valence-corrected chi connectivity index (χ3v) is 3.40. The van der Waals surface area contributed by atoms with Crippen LogP contribution in [0.5, 0.6) is 0 Å². The largest absolute Gasteiger partial charge is 0.455 e. The van der Waals surface area contributed by atoms with Gasteiger partial charge >= 0.3 is 18.3 Å². The lowest BCUT2D eigenvalue weighted by atomic mass is 9.73. The predicted molar refractivity (Wildman–Crippen MR) is 59.8 cm³/mol. The highest BCUT2D eigenvalue weighted by Gasteiger charge is 2.75. The fraction of sp³-hybridized carbons (Fsp3) is 0.750. The molecule has 0 spiro atoms. The molecule has 0 atom stereocenters. The monoisotopic (exact) mass is 306 g/mol. The smallest absolute Gasteiger partial charge is 0.406 e. The number of carbonyl (C=O) groups excluding carboxylic acids is 1. The van der Waals surface area contributed by atoms with Gasteiger partial charge in [-0.15, -0.1) is 0 Å². The molecule has 0 rings (SSSR count). The maximum absolute atomic E-state index is 12.9. The average molecular weight is 306 g/mol. The van der Waals surface area contributed by atoms with Crippen LogP contribution >= 0.6 is 0 Å². The lowest BCUT2D eigenvalue weighted by molar-refractivity contribution is -0.376. The zero-order valence-corrected chi connectivity index (χ0v) is 11.5. The van der Waals surface area contributed by atoms with Crippen LogP contribution in [0.15, 0.2) is 12.2 Å². The first kappa shape index (κ1) is 18.8. The van der Waals surface area contributed by atoms with Gasteiger partial charge in [-0.1, -0.05) is 13.5 Å². The Hall–Kier alpha value is -1.21. The fourth-order valence-electron chi connectivity index (χ4n) is 1.39. The van der Waals surface area contributed by atoms with Crippen molar-refractivity contribution in [3.63, 3.8) is 0 Å². The van der Waals surface area contributed by atoms with Crippen molar-refractivity contribution in [3.05, 3.63) is 12.2 Å². The summed E-state index contributed by atoms with van der Waals surface area (Å²) in [6.45, 7) is 5.83. The van der Waals surface area contributed by atoms with Gasteiger partial charge < -0.3 is 4.74 Å². The van der Waals surface area contributed by atoms with Gasteiger partial charge in [-0.25, -0.2) is 4.79 Å². The summed E-state index contributed by atoms with van der Waals surface area (Å²) in [5.41, 5.74) is -7.24. The van der Waals surface area contributed by atoms with Crippen molar-refractivity contribution in [1.82, 2.24) is 0 Å². The Bertz CT molecular complexity index is 378. The minimum Gasteiger partial charge on any atom is -0.455 e. The van der Waals surface area contributed by atoms with Crippen LogP contribution in [-0.4, -0.2) is 23.9 Å². The Balaban J connectivity index is 5.72. The molecule has 0 aromatic heterocycles. The van der Waals surface area contributed by atoms with Crippen molar-refractivity contribution in [1.29, 1.82) is 0 Å². The molecule has 8 heteroatoms. The molecule has 0 heterocycles. The predicted octanol–water partition coefficient (Wildman–Crippen LogP) is 4.41. The summed E-state index contributed by atoms with van der Waals surface area (Å²) in [6.07, 6.45) is -11.2. The molecule has 0 bridgehead atoms. The molecule has 0 N–H and O–H groups in total. The summed E-state index contributed by atoms with van der Waals surface area (Å²) in [7, 11) is 0. The van der Waals surface area contributed by atoms with Gasteiger partial charge in [-0.05, 0) is 27.2 Å². The number of ether oxygens (including phenoxy) is 1. The van der Waals surface area contributed by atoms with E-state index in [-0.39, 0.29) is 18.9 Å². The van der Waals surface area contributed by atoms with Gasteiger partial charge in [0.15, 0.2) is 5.41 Å². The van der Waals surface area contributed by atoms with E-state index in [9.17, 15) is 31.1 Å². The number of rotatable bonds is 4. The normalized spacial score (nSPS) is 14.1. The molecule has 0 aliphatic heterocycles. The van der Waals surface area contributed by atoms with E-state index >= 15 is 0 Å². The number of alkyl halides is 6. The van der Waals surface area contributed by atoms with Crippen molar-refractivity contribution in [3.8, 4) is 0 Å². The number of carbonyl (C=O) groups is 1. The molecule has 0 unspecified atom stereocenters. The van der Waals surface area contributed by atoms with Crippen LogP contribution in [0, 0.1) is 5.41 Å². The summed E-state index contributed by atoms with van der Waals surface area (Å²) in [6, 6.07) is 0. The lowest BCUT2D eigenvalue weighted by Crippen LogP contribution is -2.62. The summed E-state index contributed by atoms with van der Waals surface area (Å²) in [4.78, 5) is 11.4. The molecule has 0 radical (unpaired) electrons. The number of hydrogen-bond acceptors (Lipinski definition) is 2. The summed E-state index contributed by atoms with van der Waals surface area (Å²) >= 11 is 0. The molecule has 0 aromatic carbocycles. The molecule has 0 fully saturated rings. The second kappa shape index (κ2) is 5.29. The maximum atomic E-state index is 12.9. The second-order valence-corrected chi connectivity index (χ2v) is 4.98. The van der Waals surface area contributed by atoms with Gasteiger partial charge in [-0.3, -0.25) is 0 Å². The van der Waals surface area contributed by atoms with Crippen molar-refractivity contribution < 1.29 is 35.9 Å². The molecule has 118 valence electrons. The highest BCUT2D eigenvalue weighted by molar-refractivity contribution is 5.87. The number of hydrogen-bond donors (Lipinski definition) is 0. The van der Waals surface area contributed by atoms with E-state index in [0.29, 0.717) is 13.8 Å². The Morgan fingerprint density at radius 3 is 1.60 bits per heavy atom. The second-order valence-electron chi connectivity index (χ2n) is 4.98. The summed E-state index contributed by atoms with van der Waals surface area (Å²) < 4.78 is 81.8. The van der Waals surface area contributed by atoms with Crippen molar-refractivity contribution >= 4 is 5.97 Å².